The normalized spacial score (nSPS) is 50.1. The van der Waals surface area contributed by atoms with Crippen molar-refractivity contribution in [3.63, 3.8) is 0 Å². The molecule has 0 unspecified atom stereocenters. The quantitative estimate of drug-likeness (QED) is 0.620. The molecule has 28 heavy (non-hydrogen) atoms. The molecule has 0 aromatic heterocycles. The summed E-state index contributed by atoms with van der Waals surface area (Å²) in [7, 11) is 0. The van der Waals surface area contributed by atoms with E-state index in [4.69, 9.17) is 9.47 Å². The predicted octanol–water partition coefficient (Wildman–Crippen LogP) is 4.98. The summed E-state index contributed by atoms with van der Waals surface area (Å²) in [6, 6.07) is 0. The largest absolute Gasteiger partial charge is 0.463 e. The van der Waals surface area contributed by atoms with Crippen LogP contribution in [0.2, 0.25) is 0 Å². The van der Waals surface area contributed by atoms with E-state index in [1.54, 1.807) is 0 Å². The Labute approximate surface area is 167 Å². The van der Waals surface area contributed by atoms with Crippen molar-refractivity contribution in [1.29, 1.82) is 0 Å². The van der Waals surface area contributed by atoms with Crippen molar-refractivity contribution in [2.45, 2.75) is 103 Å². The number of hydrogen-bond acceptors (Lipinski definition) is 4. The molecule has 0 saturated heterocycles. The Hall–Kier alpha value is -1.13. The average molecular weight is 395 g/mol. The van der Waals surface area contributed by atoms with Crippen molar-refractivity contribution in [2.75, 3.05) is 0 Å². The predicted molar refractivity (Wildman–Crippen MR) is 103 cm³/mol. The van der Waals surface area contributed by atoms with E-state index >= 15 is 4.39 Å². The van der Waals surface area contributed by atoms with Crippen molar-refractivity contribution in [2.24, 2.45) is 28.6 Å². The van der Waals surface area contributed by atoms with Crippen molar-refractivity contribution < 1.29 is 23.5 Å². The number of carbonyl (C=O) groups is 2. The van der Waals surface area contributed by atoms with Crippen LogP contribution in [0.5, 0.6) is 0 Å². The molecule has 8 atom stereocenters. The molecule has 0 radical (unpaired) electrons. The zero-order valence-electron chi connectivity index (χ0n) is 17.8. The van der Waals surface area contributed by atoms with Gasteiger partial charge in [-0.1, -0.05) is 13.8 Å². The summed E-state index contributed by atoms with van der Waals surface area (Å²) in [6.45, 7) is 7.33. The number of alkyl halides is 1. The Kier molecular flexibility index (Phi) is 4.82. The fraction of sp³-hybridized carbons (Fsp3) is 0.913. The van der Waals surface area contributed by atoms with Gasteiger partial charge in [0.15, 0.2) is 0 Å². The molecule has 0 aliphatic heterocycles. The number of hydrogen-bond donors (Lipinski definition) is 0. The van der Waals surface area contributed by atoms with E-state index in [1.807, 2.05) is 0 Å². The maximum absolute atomic E-state index is 16.9. The lowest BCUT2D eigenvalue weighted by molar-refractivity contribution is -0.211. The second-order valence-corrected chi connectivity index (χ2v) is 10.5. The van der Waals surface area contributed by atoms with Crippen molar-refractivity contribution >= 4 is 11.9 Å². The van der Waals surface area contributed by atoms with E-state index in [-0.39, 0.29) is 46.8 Å². The number of esters is 2. The van der Waals surface area contributed by atoms with Crippen LogP contribution in [0.3, 0.4) is 0 Å². The zero-order chi connectivity index (χ0) is 20.3. The van der Waals surface area contributed by atoms with E-state index < -0.39 is 5.67 Å². The monoisotopic (exact) mass is 394 g/mol. The summed E-state index contributed by atoms with van der Waals surface area (Å²) in [5.74, 6) is 0.177. The number of ether oxygens (including phenoxy) is 2. The Morgan fingerprint density at radius 1 is 0.857 bits per heavy atom. The van der Waals surface area contributed by atoms with Crippen molar-refractivity contribution in [3.05, 3.63) is 0 Å². The fourth-order valence-electron chi connectivity index (χ4n) is 7.79. The van der Waals surface area contributed by atoms with Crippen molar-refractivity contribution in [1.82, 2.24) is 0 Å². The minimum absolute atomic E-state index is 0.0515. The lowest BCUT2D eigenvalue weighted by atomic mass is 9.43. The van der Waals surface area contributed by atoms with E-state index in [0.29, 0.717) is 12.3 Å². The molecular formula is C23H35FO4. The van der Waals surface area contributed by atoms with E-state index in [2.05, 4.69) is 13.8 Å². The zero-order valence-corrected chi connectivity index (χ0v) is 17.8. The first-order valence-electron chi connectivity index (χ1n) is 11.1. The molecule has 4 nitrogen and oxygen atoms in total. The molecule has 0 aromatic rings. The molecule has 158 valence electrons. The third kappa shape index (κ3) is 2.82. The first kappa shape index (κ1) is 20.2. The van der Waals surface area contributed by atoms with E-state index in [0.717, 1.165) is 51.4 Å². The molecule has 0 N–H and O–H groups in total. The van der Waals surface area contributed by atoms with Crippen LogP contribution in [0.25, 0.3) is 0 Å². The summed E-state index contributed by atoms with van der Waals surface area (Å²) >= 11 is 0. The second-order valence-electron chi connectivity index (χ2n) is 10.5. The molecule has 0 amide bonds. The second kappa shape index (κ2) is 6.70. The van der Waals surface area contributed by atoms with Crippen LogP contribution in [-0.4, -0.2) is 29.8 Å². The van der Waals surface area contributed by atoms with Gasteiger partial charge >= 0.3 is 11.9 Å². The van der Waals surface area contributed by atoms with E-state index in [1.165, 1.54) is 13.8 Å². The minimum Gasteiger partial charge on any atom is -0.463 e. The van der Waals surface area contributed by atoms with Gasteiger partial charge < -0.3 is 9.47 Å². The first-order chi connectivity index (χ1) is 13.1. The van der Waals surface area contributed by atoms with Gasteiger partial charge in [0, 0.05) is 24.7 Å². The summed E-state index contributed by atoms with van der Waals surface area (Å²) in [5.41, 5.74) is -1.59. The van der Waals surface area contributed by atoms with Gasteiger partial charge in [0.05, 0.1) is 0 Å². The topological polar surface area (TPSA) is 52.6 Å². The summed E-state index contributed by atoms with van der Waals surface area (Å²) in [5, 5.41) is 0. The summed E-state index contributed by atoms with van der Waals surface area (Å²) < 4.78 is 28.1. The standard InChI is InChI=1S/C23H35FO4/c1-14(25)27-17-9-10-22(4)16(13-17)5-6-19-18-7-8-20(28-15(2)26)21(18,3)11-12-23(19,22)24/h16-20H,5-13H2,1-4H3/t16-,17-,18-,19-,20-,21-,22-,23+/m0/s1. The molecule has 4 fully saturated rings. The number of halogens is 1. The molecule has 4 aliphatic rings. The first-order valence-corrected chi connectivity index (χ1v) is 11.1. The van der Waals surface area contributed by atoms with Gasteiger partial charge in [-0.2, -0.15) is 0 Å². The highest BCUT2D eigenvalue weighted by molar-refractivity contribution is 5.66. The Morgan fingerprint density at radius 2 is 1.54 bits per heavy atom. The molecule has 5 heteroatoms. The van der Waals surface area contributed by atoms with Gasteiger partial charge in [0.2, 0.25) is 0 Å². The number of carbonyl (C=O) groups excluding carboxylic acids is 2. The molecule has 0 spiro atoms. The lowest BCUT2D eigenvalue weighted by Crippen LogP contribution is -2.63. The summed E-state index contributed by atoms with van der Waals surface area (Å²) in [4.78, 5) is 23.0. The molecule has 4 saturated carbocycles. The van der Waals surface area contributed by atoms with Crippen LogP contribution in [-0.2, 0) is 19.1 Å². The SMILES string of the molecule is CC(=O)O[C@H]1CC[C@@]2(C)[C@@H](CC[C@H]3[C@@H]4CC[C@H](OC(C)=O)[C@@]4(C)CC[C@@]32F)C1. The third-order valence-electron chi connectivity index (χ3n) is 9.27. The molecule has 0 aromatic carbocycles. The molecule has 4 aliphatic carbocycles. The average Bonchev–Trinajstić information content (AvgIpc) is 2.92. The van der Waals surface area contributed by atoms with Crippen molar-refractivity contribution in [3.8, 4) is 0 Å². The van der Waals surface area contributed by atoms with Crippen LogP contribution >= 0.6 is 0 Å². The smallest absolute Gasteiger partial charge is 0.302 e. The van der Waals surface area contributed by atoms with E-state index in [9.17, 15) is 9.59 Å². The minimum atomic E-state index is -1.16. The van der Waals surface area contributed by atoms with Gasteiger partial charge in [0.25, 0.3) is 0 Å². The highest BCUT2D eigenvalue weighted by Gasteiger charge is 2.68. The molecule has 4 rings (SSSR count). The highest BCUT2D eigenvalue weighted by Crippen LogP contribution is 2.69. The molecule has 0 heterocycles. The Morgan fingerprint density at radius 3 is 2.21 bits per heavy atom. The Bertz CT molecular complexity index is 665. The lowest BCUT2D eigenvalue weighted by Gasteiger charge is -2.63. The highest BCUT2D eigenvalue weighted by atomic mass is 19.1. The fourth-order valence-corrected chi connectivity index (χ4v) is 7.79. The maximum Gasteiger partial charge on any atom is 0.302 e. The van der Waals surface area contributed by atoms with Crippen LogP contribution in [0.4, 0.5) is 4.39 Å². The van der Waals surface area contributed by atoms with Gasteiger partial charge in [-0.3, -0.25) is 9.59 Å². The number of rotatable bonds is 2. The van der Waals surface area contributed by atoms with Crippen LogP contribution in [0, 0.1) is 28.6 Å². The molecule has 0 bridgehead atoms. The maximum atomic E-state index is 16.9. The third-order valence-corrected chi connectivity index (χ3v) is 9.27. The van der Waals surface area contributed by atoms with Gasteiger partial charge in [0.1, 0.15) is 17.9 Å². The van der Waals surface area contributed by atoms with Gasteiger partial charge in [-0.25, -0.2) is 4.39 Å². The van der Waals surface area contributed by atoms with Crippen LogP contribution in [0.15, 0.2) is 0 Å². The summed E-state index contributed by atoms with van der Waals surface area (Å²) in [6.07, 6.45) is 7.32. The van der Waals surface area contributed by atoms with Crippen LogP contribution in [0.1, 0.15) is 85.5 Å². The molecular weight excluding hydrogens is 359 g/mol. The Balaban J connectivity index is 1.57. The van der Waals surface area contributed by atoms with Crippen LogP contribution < -0.4 is 0 Å². The van der Waals surface area contributed by atoms with Gasteiger partial charge in [-0.05, 0) is 75.5 Å². The number of fused-ring (bicyclic) bond motifs is 5. The van der Waals surface area contributed by atoms with Gasteiger partial charge in [-0.15, -0.1) is 0 Å².